The number of aliphatic hydroxyl groups is 1. The number of carboxylic acids is 1. The number of hydrogen-bond donors (Lipinski definition) is 2. The van der Waals surface area contributed by atoms with Gasteiger partial charge in [-0.3, -0.25) is 4.79 Å². The standard InChI is InChI=1S/C15H28O3/c1-9(2)12-6-7-15(5,10(3)11(4)16)8-13(12)14(17)18/h9-13,16H,6-8H2,1-5H3,(H,17,18). The highest BCUT2D eigenvalue weighted by Gasteiger charge is 2.45. The number of aliphatic hydroxyl groups excluding tert-OH is 1. The van der Waals surface area contributed by atoms with Crippen LogP contribution in [0, 0.1) is 29.1 Å². The molecule has 1 saturated carbocycles. The molecule has 0 radical (unpaired) electrons. The third kappa shape index (κ3) is 3.05. The fraction of sp³-hybridized carbons (Fsp3) is 0.933. The fourth-order valence-electron chi connectivity index (χ4n) is 3.52. The van der Waals surface area contributed by atoms with Crippen LogP contribution in [0.2, 0.25) is 0 Å². The highest BCUT2D eigenvalue weighted by molar-refractivity contribution is 5.70. The number of carbonyl (C=O) groups is 1. The first-order valence-electron chi connectivity index (χ1n) is 7.10. The van der Waals surface area contributed by atoms with E-state index in [0.717, 1.165) is 12.8 Å². The molecule has 5 unspecified atom stereocenters. The summed E-state index contributed by atoms with van der Waals surface area (Å²) < 4.78 is 0. The van der Waals surface area contributed by atoms with Gasteiger partial charge in [0.2, 0.25) is 0 Å². The lowest BCUT2D eigenvalue weighted by Crippen LogP contribution is -2.43. The van der Waals surface area contributed by atoms with Crippen molar-refractivity contribution in [3.8, 4) is 0 Å². The van der Waals surface area contributed by atoms with Gasteiger partial charge in [0.05, 0.1) is 12.0 Å². The van der Waals surface area contributed by atoms with Crippen LogP contribution in [0.1, 0.15) is 53.9 Å². The van der Waals surface area contributed by atoms with Gasteiger partial charge in [-0.25, -0.2) is 0 Å². The lowest BCUT2D eigenvalue weighted by atomic mass is 9.58. The van der Waals surface area contributed by atoms with E-state index in [0.29, 0.717) is 12.3 Å². The van der Waals surface area contributed by atoms with E-state index >= 15 is 0 Å². The molecule has 1 fully saturated rings. The summed E-state index contributed by atoms with van der Waals surface area (Å²) in [7, 11) is 0. The first-order valence-corrected chi connectivity index (χ1v) is 7.10. The molecule has 3 nitrogen and oxygen atoms in total. The van der Waals surface area contributed by atoms with E-state index < -0.39 is 5.97 Å². The van der Waals surface area contributed by atoms with Gasteiger partial charge in [0.25, 0.3) is 0 Å². The molecule has 0 heterocycles. The lowest BCUT2D eigenvalue weighted by molar-refractivity contribution is -0.149. The van der Waals surface area contributed by atoms with E-state index in [4.69, 9.17) is 0 Å². The molecule has 3 heteroatoms. The number of carboxylic acid groups (broad SMARTS) is 1. The van der Waals surface area contributed by atoms with E-state index in [9.17, 15) is 15.0 Å². The van der Waals surface area contributed by atoms with E-state index in [2.05, 4.69) is 20.8 Å². The van der Waals surface area contributed by atoms with Crippen molar-refractivity contribution in [3.05, 3.63) is 0 Å². The summed E-state index contributed by atoms with van der Waals surface area (Å²) in [6, 6.07) is 0. The topological polar surface area (TPSA) is 57.5 Å². The van der Waals surface area contributed by atoms with Crippen molar-refractivity contribution in [2.24, 2.45) is 29.1 Å². The van der Waals surface area contributed by atoms with Crippen LogP contribution >= 0.6 is 0 Å². The fourth-order valence-corrected chi connectivity index (χ4v) is 3.52. The Morgan fingerprint density at radius 3 is 2.22 bits per heavy atom. The van der Waals surface area contributed by atoms with Gasteiger partial charge in [-0.05, 0) is 49.4 Å². The third-order valence-electron chi connectivity index (χ3n) is 5.25. The Bertz CT molecular complexity index is 298. The molecule has 1 rings (SSSR count). The zero-order chi connectivity index (χ0) is 14.1. The second-order valence-electron chi connectivity index (χ2n) is 6.78. The normalized spacial score (nSPS) is 36.4. The predicted molar refractivity (Wildman–Crippen MR) is 72.3 cm³/mol. The van der Waals surface area contributed by atoms with Gasteiger partial charge >= 0.3 is 5.97 Å². The summed E-state index contributed by atoms with van der Waals surface area (Å²) in [6.45, 7) is 10.2. The maximum atomic E-state index is 11.5. The minimum absolute atomic E-state index is 0.0530. The molecule has 0 aromatic heterocycles. The molecular formula is C15H28O3. The molecule has 2 N–H and O–H groups in total. The van der Waals surface area contributed by atoms with Crippen LogP contribution in [0.5, 0.6) is 0 Å². The summed E-state index contributed by atoms with van der Waals surface area (Å²) in [5.74, 6) is -0.0934. The summed E-state index contributed by atoms with van der Waals surface area (Å²) in [5, 5.41) is 19.2. The number of hydrogen-bond acceptors (Lipinski definition) is 2. The molecule has 1 aliphatic carbocycles. The molecule has 5 atom stereocenters. The summed E-state index contributed by atoms with van der Waals surface area (Å²) in [6.07, 6.45) is 2.30. The lowest BCUT2D eigenvalue weighted by Gasteiger charge is -2.46. The zero-order valence-electron chi connectivity index (χ0n) is 12.3. The van der Waals surface area contributed by atoms with Crippen molar-refractivity contribution in [2.75, 3.05) is 0 Å². The van der Waals surface area contributed by atoms with E-state index in [1.54, 1.807) is 6.92 Å². The van der Waals surface area contributed by atoms with Crippen molar-refractivity contribution in [1.82, 2.24) is 0 Å². The van der Waals surface area contributed by atoms with Crippen molar-refractivity contribution < 1.29 is 15.0 Å². The minimum atomic E-state index is -0.669. The molecule has 18 heavy (non-hydrogen) atoms. The van der Waals surface area contributed by atoms with Crippen molar-refractivity contribution in [3.63, 3.8) is 0 Å². The van der Waals surface area contributed by atoms with E-state index in [1.165, 1.54) is 0 Å². The average molecular weight is 256 g/mol. The van der Waals surface area contributed by atoms with Crippen LogP contribution < -0.4 is 0 Å². The van der Waals surface area contributed by atoms with Crippen LogP contribution in [0.3, 0.4) is 0 Å². The van der Waals surface area contributed by atoms with Crippen molar-refractivity contribution in [1.29, 1.82) is 0 Å². The minimum Gasteiger partial charge on any atom is -0.481 e. The van der Waals surface area contributed by atoms with Crippen LogP contribution in [0.4, 0.5) is 0 Å². The Balaban J connectivity index is 2.89. The number of aliphatic carboxylic acids is 1. The summed E-state index contributed by atoms with van der Waals surface area (Å²) in [5.41, 5.74) is -0.0530. The largest absolute Gasteiger partial charge is 0.481 e. The van der Waals surface area contributed by atoms with Crippen molar-refractivity contribution in [2.45, 2.75) is 60.0 Å². The molecule has 0 aromatic rings. The van der Waals surface area contributed by atoms with Gasteiger partial charge in [-0.2, -0.15) is 0 Å². The molecule has 0 bridgehead atoms. The maximum absolute atomic E-state index is 11.5. The van der Waals surface area contributed by atoms with Gasteiger partial charge in [0.1, 0.15) is 0 Å². The molecule has 0 aliphatic heterocycles. The smallest absolute Gasteiger partial charge is 0.306 e. The second-order valence-corrected chi connectivity index (χ2v) is 6.78. The van der Waals surface area contributed by atoms with Crippen LogP contribution in [-0.4, -0.2) is 22.3 Å². The molecular weight excluding hydrogens is 228 g/mol. The molecule has 106 valence electrons. The highest BCUT2D eigenvalue weighted by Crippen LogP contribution is 2.49. The number of rotatable bonds is 4. The first kappa shape index (κ1) is 15.5. The quantitative estimate of drug-likeness (QED) is 0.812. The Morgan fingerprint density at radius 1 is 1.28 bits per heavy atom. The molecule has 0 spiro atoms. The van der Waals surface area contributed by atoms with E-state index in [1.807, 2.05) is 6.92 Å². The van der Waals surface area contributed by atoms with Crippen LogP contribution in [0.15, 0.2) is 0 Å². The Hall–Kier alpha value is -0.570. The molecule has 1 aliphatic rings. The van der Waals surface area contributed by atoms with Gasteiger partial charge in [-0.1, -0.05) is 27.7 Å². The third-order valence-corrected chi connectivity index (χ3v) is 5.25. The van der Waals surface area contributed by atoms with Gasteiger partial charge in [0, 0.05) is 0 Å². The summed E-state index contributed by atoms with van der Waals surface area (Å²) >= 11 is 0. The van der Waals surface area contributed by atoms with Gasteiger partial charge < -0.3 is 10.2 Å². The zero-order valence-corrected chi connectivity index (χ0v) is 12.3. The monoisotopic (exact) mass is 256 g/mol. The van der Waals surface area contributed by atoms with Crippen molar-refractivity contribution >= 4 is 5.97 Å². The average Bonchev–Trinajstić information content (AvgIpc) is 2.27. The second kappa shape index (κ2) is 5.60. The van der Waals surface area contributed by atoms with E-state index in [-0.39, 0.29) is 29.3 Å². The molecule has 0 aromatic carbocycles. The molecule has 0 amide bonds. The van der Waals surface area contributed by atoms with Crippen LogP contribution in [0.25, 0.3) is 0 Å². The van der Waals surface area contributed by atoms with Gasteiger partial charge in [0.15, 0.2) is 0 Å². The Kier molecular flexibility index (Phi) is 4.82. The van der Waals surface area contributed by atoms with Gasteiger partial charge in [-0.15, -0.1) is 0 Å². The molecule has 0 saturated heterocycles. The Labute approximate surface area is 111 Å². The maximum Gasteiger partial charge on any atom is 0.306 e. The van der Waals surface area contributed by atoms with Crippen LogP contribution in [-0.2, 0) is 4.79 Å². The highest BCUT2D eigenvalue weighted by atomic mass is 16.4. The Morgan fingerprint density at radius 2 is 1.83 bits per heavy atom. The summed E-state index contributed by atoms with van der Waals surface area (Å²) in [4.78, 5) is 11.5. The first-order chi connectivity index (χ1) is 8.19. The predicted octanol–water partition coefficient (Wildman–Crippen LogP) is 3.17. The SMILES string of the molecule is CC(C)C1CCC(C)(C(C)C(C)O)CC1C(=O)O.